The summed E-state index contributed by atoms with van der Waals surface area (Å²) < 4.78 is 7.32. The van der Waals surface area contributed by atoms with E-state index in [2.05, 4.69) is 36.3 Å². The van der Waals surface area contributed by atoms with Gasteiger partial charge in [0.15, 0.2) is 0 Å². The fraction of sp³-hybridized carbons (Fsp3) is 0.600. The second-order valence-corrected chi connectivity index (χ2v) is 7.00. The number of carbonyl (C=O) groups excluding carboxylic acids is 1. The standard InChI is InChI=1S/C20H30N6O2/c1-2-28-19(27)17-13-23-20-22-11-6-3-4-8-12-26-14-16(24-15-26)9-5-7-10-21-18(17)25-20/h13-15H,2-12H2,1H3,(H2,21,22,23,25). The van der Waals surface area contributed by atoms with Gasteiger partial charge in [0, 0.05) is 32.0 Å². The number of anilines is 2. The van der Waals surface area contributed by atoms with E-state index in [-0.39, 0.29) is 0 Å². The first-order valence-electron chi connectivity index (χ1n) is 10.3. The van der Waals surface area contributed by atoms with Crippen LogP contribution >= 0.6 is 0 Å². The number of aryl methyl sites for hydroxylation is 2. The van der Waals surface area contributed by atoms with Gasteiger partial charge in [-0.05, 0) is 39.0 Å². The van der Waals surface area contributed by atoms with E-state index >= 15 is 0 Å². The highest BCUT2D eigenvalue weighted by molar-refractivity contribution is 5.94. The lowest BCUT2D eigenvalue weighted by Gasteiger charge is -2.12. The van der Waals surface area contributed by atoms with E-state index in [1.165, 1.54) is 6.42 Å². The largest absolute Gasteiger partial charge is 0.462 e. The topological polar surface area (TPSA) is 94.0 Å². The molecule has 0 fully saturated rings. The molecule has 152 valence electrons. The van der Waals surface area contributed by atoms with Crippen molar-refractivity contribution in [3.8, 4) is 0 Å². The van der Waals surface area contributed by atoms with Crippen molar-refractivity contribution in [1.29, 1.82) is 0 Å². The second kappa shape index (κ2) is 10.6. The maximum atomic E-state index is 12.2. The summed E-state index contributed by atoms with van der Waals surface area (Å²) in [4.78, 5) is 25.5. The van der Waals surface area contributed by atoms with Crippen LogP contribution in [0.2, 0.25) is 0 Å². The first-order chi connectivity index (χ1) is 13.8. The molecule has 28 heavy (non-hydrogen) atoms. The maximum absolute atomic E-state index is 12.2. The van der Waals surface area contributed by atoms with Crippen LogP contribution in [-0.4, -0.2) is 45.2 Å². The average molecular weight is 387 g/mol. The third kappa shape index (κ3) is 5.94. The molecule has 3 heterocycles. The fourth-order valence-electron chi connectivity index (χ4n) is 3.23. The van der Waals surface area contributed by atoms with Gasteiger partial charge < -0.3 is 19.9 Å². The monoisotopic (exact) mass is 386 g/mol. The molecule has 0 saturated heterocycles. The number of fused-ring (bicyclic) bond motifs is 4. The molecule has 0 unspecified atom stereocenters. The summed E-state index contributed by atoms with van der Waals surface area (Å²) >= 11 is 0. The van der Waals surface area contributed by atoms with E-state index in [9.17, 15) is 4.79 Å². The van der Waals surface area contributed by atoms with Crippen LogP contribution in [0.4, 0.5) is 11.8 Å². The number of nitrogens with zero attached hydrogens (tertiary/aromatic N) is 4. The minimum absolute atomic E-state index is 0.324. The maximum Gasteiger partial charge on any atom is 0.343 e. The van der Waals surface area contributed by atoms with Crippen LogP contribution in [0.25, 0.3) is 0 Å². The zero-order chi connectivity index (χ0) is 19.6. The molecule has 8 nitrogen and oxygen atoms in total. The van der Waals surface area contributed by atoms with Crippen molar-refractivity contribution in [1.82, 2.24) is 19.5 Å². The van der Waals surface area contributed by atoms with Gasteiger partial charge in [0.2, 0.25) is 5.95 Å². The Bertz CT molecular complexity index is 761. The van der Waals surface area contributed by atoms with Gasteiger partial charge >= 0.3 is 5.97 Å². The van der Waals surface area contributed by atoms with Crippen LogP contribution in [0.5, 0.6) is 0 Å². The van der Waals surface area contributed by atoms with Gasteiger partial charge in [-0.1, -0.05) is 12.8 Å². The van der Waals surface area contributed by atoms with Gasteiger partial charge in [0.1, 0.15) is 11.4 Å². The van der Waals surface area contributed by atoms with E-state index in [1.54, 1.807) is 13.1 Å². The quantitative estimate of drug-likeness (QED) is 0.765. The Kier molecular flexibility index (Phi) is 7.63. The Hall–Kier alpha value is -2.64. The highest BCUT2D eigenvalue weighted by atomic mass is 16.5. The molecule has 4 bridgehead atoms. The van der Waals surface area contributed by atoms with Crippen molar-refractivity contribution in [2.24, 2.45) is 0 Å². The van der Waals surface area contributed by atoms with Crippen molar-refractivity contribution in [3.05, 3.63) is 30.0 Å². The predicted molar refractivity (Wildman–Crippen MR) is 109 cm³/mol. The summed E-state index contributed by atoms with van der Waals surface area (Å²) in [6.07, 6.45) is 13.1. The van der Waals surface area contributed by atoms with Gasteiger partial charge in [0.25, 0.3) is 0 Å². The number of imidazole rings is 1. The summed E-state index contributed by atoms with van der Waals surface area (Å²) in [5, 5.41) is 6.54. The number of nitrogens with one attached hydrogen (secondary N) is 2. The van der Waals surface area contributed by atoms with Crippen LogP contribution in [-0.2, 0) is 17.7 Å². The number of hydrogen-bond donors (Lipinski definition) is 2. The Morgan fingerprint density at radius 1 is 1.11 bits per heavy atom. The van der Waals surface area contributed by atoms with Crippen LogP contribution < -0.4 is 10.6 Å². The van der Waals surface area contributed by atoms with Crippen LogP contribution in [0.1, 0.15) is 61.5 Å². The zero-order valence-electron chi connectivity index (χ0n) is 16.6. The third-order valence-corrected chi connectivity index (χ3v) is 4.75. The number of rotatable bonds is 2. The predicted octanol–water partition coefficient (Wildman–Crippen LogP) is 3.27. The van der Waals surface area contributed by atoms with Gasteiger partial charge in [-0.15, -0.1) is 0 Å². The van der Waals surface area contributed by atoms with Crippen molar-refractivity contribution in [3.63, 3.8) is 0 Å². The molecule has 2 aromatic heterocycles. The van der Waals surface area contributed by atoms with Crippen molar-refractivity contribution >= 4 is 17.7 Å². The van der Waals surface area contributed by atoms with Crippen molar-refractivity contribution in [2.75, 3.05) is 30.3 Å². The first-order valence-corrected chi connectivity index (χ1v) is 10.3. The number of esters is 1. The van der Waals surface area contributed by atoms with Crippen molar-refractivity contribution < 1.29 is 9.53 Å². The molecular formula is C20H30N6O2. The normalized spacial score (nSPS) is 16.2. The number of ether oxygens (including phenoxy) is 1. The fourth-order valence-corrected chi connectivity index (χ4v) is 3.23. The SMILES string of the molecule is CCOC(=O)c1cnc2nc1NCCCCc1cn(cn1)CCCCCCN2. The van der Waals surface area contributed by atoms with Crippen LogP contribution in [0.15, 0.2) is 18.7 Å². The lowest BCUT2D eigenvalue weighted by Crippen LogP contribution is -2.15. The summed E-state index contributed by atoms with van der Waals surface area (Å²) in [6, 6.07) is 0. The lowest BCUT2D eigenvalue weighted by molar-refractivity contribution is 0.0526. The highest BCUT2D eigenvalue weighted by Crippen LogP contribution is 2.16. The smallest absolute Gasteiger partial charge is 0.343 e. The summed E-state index contributed by atoms with van der Waals surface area (Å²) in [5.41, 5.74) is 1.52. The Morgan fingerprint density at radius 2 is 1.93 bits per heavy atom. The van der Waals surface area contributed by atoms with Gasteiger partial charge in [-0.25, -0.2) is 14.8 Å². The Balaban J connectivity index is 1.67. The number of hydrogen-bond acceptors (Lipinski definition) is 7. The van der Waals surface area contributed by atoms with Gasteiger partial charge in [-0.3, -0.25) is 0 Å². The Morgan fingerprint density at radius 3 is 2.82 bits per heavy atom. The van der Waals surface area contributed by atoms with Gasteiger partial charge in [0.05, 0.1) is 18.6 Å². The summed E-state index contributed by atoms with van der Waals surface area (Å²) in [7, 11) is 0. The molecule has 2 N–H and O–H groups in total. The molecule has 0 spiro atoms. The highest BCUT2D eigenvalue weighted by Gasteiger charge is 2.15. The molecular weight excluding hydrogens is 356 g/mol. The summed E-state index contributed by atoms with van der Waals surface area (Å²) in [6.45, 7) is 4.68. The van der Waals surface area contributed by atoms with Crippen molar-refractivity contribution in [2.45, 2.75) is 58.4 Å². The zero-order valence-corrected chi connectivity index (χ0v) is 16.6. The van der Waals surface area contributed by atoms with E-state index in [1.807, 2.05) is 6.33 Å². The summed E-state index contributed by atoms with van der Waals surface area (Å²) in [5.74, 6) is 0.671. The molecule has 1 aliphatic rings. The number of carbonyl (C=O) groups is 1. The van der Waals surface area contributed by atoms with E-state index < -0.39 is 5.97 Å². The molecule has 3 rings (SSSR count). The minimum atomic E-state index is -0.399. The third-order valence-electron chi connectivity index (χ3n) is 4.75. The van der Waals surface area contributed by atoms with E-state index in [0.29, 0.717) is 23.9 Å². The molecule has 0 saturated carbocycles. The molecule has 1 aliphatic heterocycles. The number of aromatic nitrogens is 4. The van der Waals surface area contributed by atoms with Crippen LogP contribution in [0, 0.1) is 0 Å². The molecule has 2 aromatic rings. The molecule has 0 aliphatic carbocycles. The molecule has 0 atom stereocenters. The second-order valence-electron chi connectivity index (χ2n) is 7.00. The minimum Gasteiger partial charge on any atom is -0.462 e. The molecule has 0 aromatic carbocycles. The molecule has 0 radical (unpaired) electrons. The molecule has 0 amide bonds. The van der Waals surface area contributed by atoms with E-state index in [4.69, 9.17) is 4.74 Å². The molecule has 8 heteroatoms. The van der Waals surface area contributed by atoms with Crippen LogP contribution in [0.3, 0.4) is 0 Å². The van der Waals surface area contributed by atoms with Gasteiger partial charge in [-0.2, -0.15) is 4.98 Å². The Labute approximate surface area is 166 Å². The van der Waals surface area contributed by atoms with E-state index in [0.717, 1.165) is 63.9 Å². The lowest BCUT2D eigenvalue weighted by atomic mass is 10.2. The average Bonchev–Trinajstić information content (AvgIpc) is 3.14. The first kappa shape index (κ1) is 20.1.